The Labute approximate surface area is 167 Å². The van der Waals surface area contributed by atoms with Gasteiger partial charge in [-0.1, -0.05) is 0 Å². The van der Waals surface area contributed by atoms with Gasteiger partial charge in [-0.3, -0.25) is 9.58 Å². The third-order valence-electron chi connectivity index (χ3n) is 5.50. The van der Waals surface area contributed by atoms with Crippen LogP contribution in [-0.2, 0) is 20.8 Å². The lowest BCUT2D eigenvalue weighted by Gasteiger charge is -2.40. The molecule has 0 amide bonds. The lowest BCUT2D eigenvalue weighted by molar-refractivity contribution is -0.192. The molecule has 1 aliphatic carbocycles. The minimum Gasteiger partial charge on any atom is -0.475 e. The predicted octanol–water partition coefficient (Wildman–Crippen LogP) is 2.87. The van der Waals surface area contributed by atoms with Gasteiger partial charge in [0, 0.05) is 51.8 Å². The summed E-state index contributed by atoms with van der Waals surface area (Å²) in [7, 11) is 0. The van der Waals surface area contributed by atoms with Crippen LogP contribution in [0.1, 0.15) is 43.8 Å². The topological polar surface area (TPSA) is 76.8 Å². The molecule has 29 heavy (non-hydrogen) atoms. The normalized spacial score (nSPS) is 23.2. The molecule has 7 nitrogen and oxygen atoms in total. The Bertz CT molecular complexity index is 657. The minimum absolute atomic E-state index is 0.459. The van der Waals surface area contributed by atoms with E-state index in [1.165, 1.54) is 31.4 Å². The van der Waals surface area contributed by atoms with E-state index < -0.39 is 12.1 Å². The van der Waals surface area contributed by atoms with Crippen molar-refractivity contribution in [2.75, 3.05) is 33.0 Å². The lowest BCUT2D eigenvalue weighted by atomic mass is 10.0. The van der Waals surface area contributed by atoms with Gasteiger partial charge in [0.05, 0.1) is 11.7 Å². The van der Waals surface area contributed by atoms with E-state index in [2.05, 4.69) is 20.7 Å². The fourth-order valence-electron chi connectivity index (χ4n) is 3.71. The molecule has 1 saturated heterocycles. The number of alkyl halides is 3. The summed E-state index contributed by atoms with van der Waals surface area (Å²) in [6, 6.07) is 3.30. The summed E-state index contributed by atoms with van der Waals surface area (Å²) in [5, 5.41) is 11.7. The van der Waals surface area contributed by atoms with Crippen LogP contribution >= 0.6 is 0 Å². The Hall–Kier alpha value is -1.65. The number of carbonyl (C=O) groups is 1. The fraction of sp³-hybridized carbons (Fsp3) is 0.789. The molecule has 10 heteroatoms. The van der Waals surface area contributed by atoms with E-state index in [0.717, 1.165) is 51.9 Å². The Balaban J connectivity index is 0.000000298. The number of halogens is 3. The molecule has 1 aromatic heterocycles. The molecule has 0 radical (unpaired) electrons. The van der Waals surface area contributed by atoms with Gasteiger partial charge < -0.3 is 14.6 Å². The summed E-state index contributed by atoms with van der Waals surface area (Å²) in [5.74, 6) is -1.90. The Kier molecular flexibility index (Phi) is 7.53. The highest BCUT2D eigenvalue weighted by Gasteiger charge is 2.38. The Morgan fingerprint density at radius 2 is 1.97 bits per heavy atom. The summed E-state index contributed by atoms with van der Waals surface area (Å²) in [6.07, 6.45) is 2.99. The number of carboxylic acids is 1. The number of aliphatic carboxylic acids is 1. The summed E-state index contributed by atoms with van der Waals surface area (Å²) in [4.78, 5) is 11.5. The van der Waals surface area contributed by atoms with Crippen LogP contribution in [0.5, 0.6) is 0 Å². The summed E-state index contributed by atoms with van der Waals surface area (Å²) in [5.41, 5.74) is 1.35. The summed E-state index contributed by atoms with van der Waals surface area (Å²) in [6.45, 7) is 5.78. The van der Waals surface area contributed by atoms with E-state index in [4.69, 9.17) is 19.4 Å². The smallest absolute Gasteiger partial charge is 0.475 e. The minimum atomic E-state index is -5.08. The number of fused-ring (bicyclic) bond motifs is 1. The number of carboxylic acid groups (broad SMARTS) is 1. The largest absolute Gasteiger partial charge is 0.490 e. The first-order valence-electron chi connectivity index (χ1n) is 10.1. The number of hydrogen-bond acceptors (Lipinski definition) is 5. The second-order valence-electron chi connectivity index (χ2n) is 7.80. The van der Waals surface area contributed by atoms with Crippen molar-refractivity contribution >= 4 is 5.97 Å². The number of ether oxygens (including phenoxy) is 2. The molecule has 0 bridgehead atoms. The van der Waals surface area contributed by atoms with E-state index in [9.17, 15) is 13.2 Å². The summed E-state index contributed by atoms with van der Waals surface area (Å²) >= 11 is 0. The van der Waals surface area contributed by atoms with Crippen LogP contribution in [0.2, 0.25) is 0 Å². The maximum Gasteiger partial charge on any atom is 0.490 e. The molecule has 0 spiro atoms. The molecule has 4 rings (SSSR count). The van der Waals surface area contributed by atoms with E-state index >= 15 is 0 Å². The zero-order chi connectivity index (χ0) is 20.9. The maximum atomic E-state index is 10.6. The van der Waals surface area contributed by atoms with Crippen LogP contribution in [0.4, 0.5) is 13.2 Å². The molecule has 164 valence electrons. The quantitative estimate of drug-likeness (QED) is 0.715. The van der Waals surface area contributed by atoms with Crippen molar-refractivity contribution < 1.29 is 32.5 Å². The predicted molar refractivity (Wildman–Crippen MR) is 97.4 cm³/mol. The van der Waals surface area contributed by atoms with E-state index in [-0.39, 0.29) is 0 Å². The van der Waals surface area contributed by atoms with E-state index in [1.54, 1.807) is 0 Å². The molecule has 3 heterocycles. The highest BCUT2D eigenvalue weighted by atomic mass is 19.4. The van der Waals surface area contributed by atoms with Crippen LogP contribution in [0.25, 0.3) is 0 Å². The molecule has 2 aliphatic heterocycles. The maximum absolute atomic E-state index is 10.6. The zero-order valence-electron chi connectivity index (χ0n) is 16.3. The molecule has 2 fully saturated rings. The number of aromatic nitrogens is 2. The third kappa shape index (κ3) is 6.68. The highest BCUT2D eigenvalue weighted by molar-refractivity contribution is 5.73. The first-order chi connectivity index (χ1) is 13.8. The number of rotatable bonds is 6. The van der Waals surface area contributed by atoms with Gasteiger partial charge in [-0.25, -0.2) is 4.79 Å². The molecule has 1 atom stereocenters. The first kappa shape index (κ1) is 22.0. The van der Waals surface area contributed by atoms with Crippen molar-refractivity contribution in [1.82, 2.24) is 14.7 Å². The van der Waals surface area contributed by atoms with Crippen LogP contribution in [0.15, 0.2) is 12.3 Å². The number of nitrogens with zero attached hydrogens (tertiary/aromatic N) is 3. The second-order valence-corrected chi connectivity index (χ2v) is 7.80. The van der Waals surface area contributed by atoms with Gasteiger partial charge in [0.15, 0.2) is 0 Å². The van der Waals surface area contributed by atoms with Gasteiger partial charge in [-0.2, -0.15) is 18.3 Å². The van der Waals surface area contributed by atoms with Crippen LogP contribution in [-0.4, -0.2) is 70.9 Å². The zero-order valence-corrected chi connectivity index (χ0v) is 16.3. The van der Waals surface area contributed by atoms with Gasteiger partial charge >= 0.3 is 12.1 Å². The van der Waals surface area contributed by atoms with Crippen LogP contribution < -0.4 is 0 Å². The number of hydrogen-bond donors (Lipinski definition) is 1. The van der Waals surface area contributed by atoms with Crippen molar-refractivity contribution in [1.29, 1.82) is 0 Å². The Morgan fingerprint density at radius 1 is 1.28 bits per heavy atom. The average molecular weight is 419 g/mol. The van der Waals surface area contributed by atoms with E-state index in [1.807, 2.05) is 6.20 Å². The third-order valence-corrected chi connectivity index (χ3v) is 5.50. The van der Waals surface area contributed by atoms with Crippen molar-refractivity contribution in [2.24, 2.45) is 5.92 Å². The molecule has 1 N–H and O–H groups in total. The molecular weight excluding hydrogens is 391 g/mol. The SMILES string of the molecule is O=C(O)C(F)(F)F.c1cc2n(n1)C(CCOCC1CC1)CN(C1CCOCC1)C2. The van der Waals surface area contributed by atoms with Crippen LogP contribution in [0, 0.1) is 5.92 Å². The van der Waals surface area contributed by atoms with Gasteiger partial charge in [0.1, 0.15) is 0 Å². The van der Waals surface area contributed by atoms with Gasteiger partial charge in [0.2, 0.25) is 0 Å². The molecule has 1 saturated carbocycles. The van der Waals surface area contributed by atoms with Crippen molar-refractivity contribution in [3.63, 3.8) is 0 Å². The lowest BCUT2D eigenvalue weighted by Crippen LogP contribution is -2.46. The first-order valence-corrected chi connectivity index (χ1v) is 10.1. The van der Waals surface area contributed by atoms with Crippen molar-refractivity contribution in [3.8, 4) is 0 Å². The molecule has 1 unspecified atom stereocenters. The van der Waals surface area contributed by atoms with Crippen LogP contribution in [0.3, 0.4) is 0 Å². The molecular formula is C19H28F3N3O4. The van der Waals surface area contributed by atoms with Crippen molar-refractivity contribution in [3.05, 3.63) is 18.0 Å². The van der Waals surface area contributed by atoms with Crippen molar-refractivity contribution in [2.45, 2.75) is 56.9 Å². The standard InChI is InChI=1S/C17H27N3O2.C2HF3O2/c1-2-14(1)13-22-10-6-17-12-19(15-4-8-21-9-5-15)11-16-3-7-18-20(16)17;3-2(4,5)1(6)7/h3,7,14-15,17H,1-2,4-6,8-13H2;(H,6,7). The van der Waals surface area contributed by atoms with E-state index in [0.29, 0.717) is 12.1 Å². The average Bonchev–Trinajstić information content (AvgIpc) is 3.39. The fourth-order valence-corrected chi connectivity index (χ4v) is 3.71. The Morgan fingerprint density at radius 3 is 2.59 bits per heavy atom. The van der Waals surface area contributed by atoms with Gasteiger partial charge in [0.25, 0.3) is 0 Å². The van der Waals surface area contributed by atoms with Gasteiger partial charge in [-0.05, 0) is 44.1 Å². The second kappa shape index (κ2) is 9.90. The monoisotopic (exact) mass is 419 g/mol. The molecule has 1 aromatic rings. The molecule has 3 aliphatic rings. The molecule has 0 aromatic carbocycles. The highest BCUT2D eigenvalue weighted by Crippen LogP contribution is 2.30. The van der Waals surface area contributed by atoms with Gasteiger partial charge in [-0.15, -0.1) is 0 Å². The summed E-state index contributed by atoms with van der Waals surface area (Å²) < 4.78 is 45.3.